The second-order valence-corrected chi connectivity index (χ2v) is 12.6. The van der Waals surface area contributed by atoms with Gasteiger partial charge in [0.25, 0.3) is 0 Å². The summed E-state index contributed by atoms with van der Waals surface area (Å²) < 4.78 is 34.2. The fourth-order valence-corrected chi connectivity index (χ4v) is 6.37. The van der Waals surface area contributed by atoms with E-state index in [2.05, 4.69) is 24.0 Å². The molecule has 5 rings (SSSR count). The minimum atomic E-state index is -3.00. The molecule has 1 aromatic heterocycles. The number of fused-ring (bicyclic) bond motifs is 3. The molecule has 2 aliphatic carbocycles. The van der Waals surface area contributed by atoms with Crippen molar-refractivity contribution in [1.82, 2.24) is 4.98 Å². The number of aromatic nitrogens is 1. The van der Waals surface area contributed by atoms with Gasteiger partial charge in [0.05, 0.1) is 18.3 Å². The van der Waals surface area contributed by atoms with E-state index < -0.39 is 15.8 Å². The molecule has 0 amide bonds. The Morgan fingerprint density at radius 2 is 1.97 bits per heavy atom. The standard InChI is InChI=1S/C29H31NO6S/c1-18-12-26(35-10-5-11-37(3,33)34)30-16-23(18)20-7-4-6-19(13-20)17-36-22-8-9-24-21(14-22)15-25-27(28(31)32)29(24,25)2/h4,6-9,12-14,16,25,27H,5,10-11,15,17H2,1-3H3,(H,31,32). The third-order valence-electron chi connectivity index (χ3n) is 7.71. The highest BCUT2D eigenvalue weighted by molar-refractivity contribution is 7.90. The Bertz CT molecular complexity index is 1470. The lowest BCUT2D eigenvalue weighted by Gasteiger charge is -2.14. The van der Waals surface area contributed by atoms with Crippen LogP contribution < -0.4 is 9.47 Å². The maximum absolute atomic E-state index is 11.5. The number of benzene rings is 2. The number of carbonyl (C=O) groups is 1. The van der Waals surface area contributed by atoms with E-state index in [1.54, 1.807) is 6.20 Å². The molecule has 1 heterocycles. The number of aliphatic carboxylic acids is 1. The van der Waals surface area contributed by atoms with Crippen molar-refractivity contribution >= 4 is 15.8 Å². The molecule has 37 heavy (non-hydrogen) atoms. The van der Waals surface area contributed by atoms with Crippen molar-refractivity contribution in [2.75, 3.05) is 18.6 Å². The molecule has 194 valence electrons. The van der Waals surface area contributed by atoms with E-state index in [1.807, 2.05) is 43.3 Å². The lowest BCUT2D eigenvalue weighted by molar-refractivity contribution is -0.139. The molecular formula is C29H31NO6S. The quantitative estimate of drug-likeness (QED) is 0.389. The second kappa shape index (κ2) is 9.49. The first-order valence-corrected chi connectivity index (χ1v) is 14.5. The molecule has 2 aliphatic rings. The molecule has 1 saturated carbocycles. The van der Waals surface area contributed by atoms with Crippen LogP contribution in [0.25, 0.3) is 11.1 Å². The number of aryl methyl sites for hydroxylation is 1. The fraction of sp³-hybridized carbons (Fsp3) is 0.379. The van der Waals surface area contributed by atoms with Gasteiger partial charge in [-0.25, -0.2) is 13.4 Å². The smallest absolute Gasteiger partial charge is 0.307 e. The number of hydrogen-bond acceptors (Lipinski definition) is 6. The number of sulfone groups is 1. The summed E-state index contributed by atoms with van der Waals surface area (Å²) in [6, 6.07) is 16.0. The zero-order valence-electron chi connectivity index (χ0n) is 21.2. The number of rotatable bonds is 10. The number of carboxylic acid groups (broad SMARTS) is 1. The summed E-state index contributed by atoms with van der Waals surface area (Å²) in [5.74, 6) is 0.579. The Morgan fingerprint density at radius 3 is 2.70 bits per heavy atom. The van der Waals surface area contributed by atoms with Crippen molar-refractivity contribution in [3.05, 3.63) is 77.0 Å². The van der Waals surface area contributed by atoms with Crippen LogP contribution in [0.4, 0.5) is 0 Å². The maximum atomic E-state index is 11.5. The second-order valence-electron chi connectivity index (χ2n) is 10.4. The molecule has 8 heteroatoms. The topological polar surface area (TPSA) is 103 Å². The predicted molar refractivity (Wildman–Crippen MR) is 141 cm³/mol. The molecule has 0 saturated heterocycles. The Labute approximate surface area is 217 Å². The van der Waals surface area contributed by atoms with Crippen molar-refractivity contribution in [2.24, 2.45) is 11.8 Å². The van der Waals surface area contributed by atoms with E-state index in [-0.39, 0.29) is 23.0 Å². The highest BCUT2D eigenvalue weighted by Gasteiger charge is 2.69. The summed E-state index contributed by atoms with van der Waals surface area (Å²) in [5, 5.41) is 9.47. The van der Waals surface area contributed by atoms with Crippen LogP contribution in [0, 0.1) is 18.8 Å². The van der Waals surface area contributed by atoms with Crippen LogP contribution in [-0.2, 0) is 33.1 Å². The first kappa shape index (κ1) is 25.3. The molecular weight excluding hydrogens is 490 g/mol. The van der Waals surface area contributed by atoms with Crippen LogP contribution in [-0.4, -0.2) is 43.1 Å². The summed E-state index contributed by atoms with van der Waals surface area (Å²) in [7, 11) is -3.00. The SMILES string of the molecule is Cc1cc(OCCCS(C)(=O)=O)ncc1-c1cccc(COc2ccc3c(c2)CC2C(C(=O)O)C32C)c1. The van der Waals surface area contributed by atoms with Gasteiger partial charge in [-0.05, 0) is 71.7 Å². The van der Waals surface area contributed by atoms with Crippen molar-refractivity contribution in [3.63, 3.8) is 0 Å². The van der Waals surface area contributed by atoms with Crippen molar-refractivity contribution in [2.45, 2.75) is 38.7 Å². The molecule has 7 nitrogen and oxygen atoms in total. The number of hydrogen-bond donors (Lipinski definition) is 1. The summed E-state index contributed by atoms with van der Waals surface area (Å²) in [6.45, 7) is 4.77. The van der Waals surface area contributed by atoms with Gasteiger partial charge in [-0.3, -0.25) is 4.79 Å². The van der Waals surface area contributed by atoms with E-state index in [4.69, 9.17) is 9.47 Å². The predicted octanol–water partition coefficient (Wildman–Crippen LogP) is 4.59. The Morgan fingerprint density at radius 1 is 1.16 bits per heavy atom. The number of carboxylic acids is 1. The van der Waals surface area contributed by atoms with Crippen LogP contribution in [0.5, 0.6) is 11.6 Å². The van der Waals surface area contributed by atoms with Gasteiger partial charge >= 0.3 is 5.97 Å². The highest BCUT2D eigenvalue weighted by atomic mass is 32.2. The largest absolute Gasteiger partial charge is 0.489 e. The Balaban J connectivity index is 1.21. The normalized spacial score (nSPS) is 21.7. The first-order valence-electron chi connectivity index (χ1n) is 12.4. The molecule has 2 aromatic carbocycles. The minimum Gasteiger partial charge on any atom is -0.489 e. The molecule has 3 unspecified atom stereocenters. The Hall–Kier alpha value is -3.39. The number of pyridine rings is 1. The first-order chi connectivity index (χ1) is 17.6. The molecule has 3 aromatic rings. The Kier molecular flexibility index (Phi) is 6.48. The van der Waals surface area contributed by atoms with E-state index in [9.17, 15) is 18.3 Å². The van der Waals surface area contributed by atoms with Crippen LogP contribution in [0.15, 0.2) is 54.7 Å². The van der Waals surface area contributed by atoms with E-state index >= 15 is 0 Å². The van der Waals surface area contributed by atoms with Crippen LogP contribution in [0.3, 0.4) is 0 Å². The van der Waals surface area contributed by atoms with Gasteiger partial charge < -0.3 is 14.6 Å². The average Bonchev–Trinajstić information content (AvgIpc) is 3.33. The fourth-order valence-electron chi connectivity index (χ4n) is 5.72. The zero-order valence-corrected chi connectivity index (χ0v) is 22.0. The van der Waals surface area contributed by atoms with Crippen molar-refractivity contribution < 1.29 is 27.8 Å². The minimum absolute atomic E-state index is 0.0927. The lowest BCUT2D eigenvalue weighted by Crippen LogP contribution is -2.12. The zero-order chi connectivity index (χ0) is 26.4. The van der Waals surface area contributed by atoms with Gasteiger partial charge in [0.2, 0.25) is 5.88 Å². The third kappa shape index (κ3) is 5.07. The number of nitrogens with zero attached hydrogens (tertiary/aromatic N) is 1. The van der Waals surface area contributed by atoms with E-state index in [1.165, 1.54) is 11.8 Å². The molecule has 0 radical (unpaired) electrons. The molecule has 0 aliphatic heterocycles. The summed E-state index contributed by atoms with van der Waals surface area (Å²) in [5.41, 5.74) is 6.15. The molecule has 0 spiro atoms. The summed E-state index contributed by atoms with van der Waals surface area (Å²) >= 11 is 0. The van der Waals surface area contributed by atoms with Gasteiger partial charge in [0.15, 0.2) is 0 Å². The van der Waals surface area contributed by atoms with Crippen molar-refractivity contribution in [3.8, 4) is 22.8 Å². The highest BCUT2D eigenvalue weighted by Crippen LogP contribution is 2.66. The van der Waals surface area contributed by atoms with Gasteiger partial charge in [-0.1, -0.05) is 31.2 Å². The van der Waals surface area contributed by atoms with Crippen LogP contribution in [0.1, 0.15) is 35.6 Å². The average molecular weight is 522 g/mol. The maximum Gasteiger partial charge on any atom is 0.307 e. The third-order valence-corrected chi connectivity index (χ3v) is 8.74. The molecule has 3 atom stereocenters. The monoisotopic (exact) mass is 521 g/mol. The lowest BCUT2D eigenvalue weighted by atomic mass is 9.93. The van der Waals surface area contributed by atoms with Crippen LogP contribution >= 0.6 is 0 Å². The van der Waals surface area contributed by atoms with Gasteiger partial charge in [0.1, 0.15) is 22.2 Å². The van der Waals surface area contributed by atoms with Crippen LogP contribution in [0.2, 0.25) is 0 Å². The molecule has 1 fully saturated rings. The van der Waals surface area contributed by atoms with E-state index in [0.717, 1.165) is 40.0 Å². The summed E-state index contributed by atoms with van der Waals surface area (Å²) in [4.78, 5) is 15.9. The summed E-state index contributed by atoms with van der Waals surface area (Å²) in [6.07, 6.45) is 4.21. The number of ether oxygens (including phenoxy) is 2. The van der Waals surface area contributed by atoms with Crippen molar-refractivity contribution in [1.29, 1.82) is 0 Å². The molecule has 1 N–H and O–H groups in total. The van der Waals surface area contributed by atoms with Gasteiger partial charge in [-0.2, -0.15) is 0 Å². The van der Waals surface area contributed by atoms with Gasteiger partial charge in [-0.15, -0.1) is 0 Å². The van der Waals surface area contributed by atoms with E-state index in [0.29, 0.717) is 25.5 Å². The van der Waals surface area contributed by atoms with Gasteiger partial charge in [0, 0.05) is 29.5 Å². The molecule has 0 bridgehead atoms.